The van der Waals surface area contributed by atoms with Crippen LogP contribution in [0.4, 0.5) is 0 Å². The van der Waals surface area contributed by atoms with E-state index in [1.54, 1.807) is 12.5 Å². The van der Waals surface area contributed by atoms with Crippen molar-refractivity contribution in [2.75, 3.05) is 0 Å². The Morgan fingerprint density at radius 1 is 1.06 bits per heavy atom. The second kappa shape index (κ2) is 3.47. The summed E-state index contributed by atoms with van der Waals surface area (Å²) in [5, 5.41) is 2.22. The highest BCUT2D eigenvalue weighted by atomic mass is 16.3. The van der Waals surface area contributed by atoms with Crippen molar-refractivity contribution >= 4 is 22.0 Å². The molecule has 4 rings (SSSR count). The van der Waals surface area contributed by atoms with E-state index in [2.05, 4.69) is 22.1 Å². The molecule has 0 amide bonds. The summed E-state index contributed by atoms with van der Waals surface area (Å²) in [6.07, 6.45) is 3.57. The zero-order chi connectivity index (χ0) is 11.9. The summed E-state index contributed by atoms with van der Waals surface area (Å²) in [7, 11) is 0. The predicted molar refractivity (Wildman–Crippen MR) is 71.3 cm³/mol. The fraction of sp³-hybridized carbons (Fsp3) is 0. The molecule has 3 aromatic heterocycles. The molecule has 0 radical (unpaired) electrons. The topological polar surface area (TPSA) is 41.8 Å². The zero-order valence-corrected chi connectivity index (χ0v) is 9.55. The molecule has 0 saturated heterocycles. The standard InChI is InChI=1S/C15H10N2O/c1-2-6-14-11(5-1)12(9-18-14)13-8-10-4-3-7-16-15(10)17-13/h1-9H,(H,16,17). The fourth-order valence-corrected chi connectivity index (χ4v) is 2.29. The summed E-state index contributed by atoms with van der Waals surface area (Å²) in [5.74, 6) is 0. The summed E-state index contributed by atoms with van der Waals surface area (Å²) < 4.78 is 5.56. The lowest BCUT2D eigenvalue weighted by molar-refractivity contribution is 0.617. The molecule has 0 aliphatic heterocycles. The first-order valence-electron chi connectivity index (χ1n) is 5.82. The number of aromatic nitrogens is 2. The van der Waals surface area contributed by atoms with Gasteiger partial charge in [0.1, 0.15) is 17.5 Å². The van der Waals surface area contributed by atoms with Crippen molar-refractivity contribution in [3.63, 3.8) is 0 Å². The zero-order valence-electron chi connectivity index (χ0n) is 9.55. The lowest BCUT2D eigenvalue weighted by atomic mass is 10.1. The number of rotatable bonds is 1. The molecule has 3 heterocycles. The van der Waals surface area contributed by atoms with Crippen LogP contribution in [0.1, 0.15) is 0 Å². The monoisotopic (exact) mass is 234 g/mol. The Morgan fingerprint density at radius 2 is 2.00 bits per heavy atom. The van der Waals surface area contributed by atoms with Crippen molar-refractivity contribution in [2.45, 2.75) is 0 Å². The van der Waals surface area contributed by atoms with Crippen LogP contribution in [0, 0.1) is 0 Å². The number of H-pyrrole nitrogens is 1. The van der Waals surface area contributed by atoms with Crippen molar-refractivity contribution in [3.8, 4) is 11.3 Å². The molecule has 1 N–H and O–H groups in total. The van der Waals surface area contributed by atoms with E-state index < -0.39 is 0 Å². The lowest BCUT2D eigenvalue weighted by Gasteiger charge is -1.92. The molecular formula is C15H10N2O. The van der Waals surface area contributed by atoms with Gasteiger partial charge in [0, 0.05) is 22.5 Å². The van der Waals surface area contributed by atoms with E-state index >= 15 is 0 Å². The highest BCUT2D eigenvalue weighted by Gasteiger charge is 2.10. The summed E-state index contributed by atoms with van der Waals surface area (Å²) in [6, 6.07) is 14.1. The van der Waals surface area contributed by atoms with Crippen LogP contribution in [-0.2, 0) is 0 Å². The quantitative estimate of drug-likeness (QED) is 0.541. The normalized spacial score (nSPS) is 11.3. The van der Waals surface area contributed by atoms with E-state index in [0.717, 1.165) is 33.3 Å². The Labute approximate surface area is 103 Å². The number of para-hydroxylation sites is 1. The van der Waals surface area contributed by atoms with Crippen molar-refractivity contribution in [3.05, 3.63) is 54.9 Å². The van der Waals surface area contributed by atoms with Gasteiger partial charge in [-0.1, -0.05) is 18.2 Å². The maximum absolute atomic E-state index is 5.56. The van der Waals surface area contributed by atoms with Crippen molar-refractivity contribution in [1.82, 2.24) is 9.97 Å². The van der Waals surface area contributed by atoms with Gasteiger partial charge in [-0.3, -0.25) is 0 Å². The van der Waals surface area contributed by atoms with Gasteiger partial charge < -0.3 is 9.40 Å². The minimum absolute atomic E-state index is 0.901. The fourth-order valence-electron chi connectivity index (χ4n) is 2.29. The molecule has 0 saturated carbocycles. The molecule has 0 spiro atoms. The second-order valence-corrected chi connectivity index (χ2v) is 4.27. The maximum atomic E-state index is 5.56. The van der Waals surface area contributed by atoms with Gasteiger partial charge in [-0.2, -0.15) is 0 Å². The smallest absolute Gasteiger partial charge is 0.137 e. The van der Waals surface area contributed by atoms with Crippen LogP contribution in [0.15, 0.2) is 59.3 Å². The first-order valence-corrected chi connectivity index (χ1v) is 5.82. The van der Waals surface area contributed by atoms with Crippen LogP contribution in [-0.4, -0.2) is 9.97 Å². The lowest BCUT2D eigenvalue weighted by Crippen LogP contribution is -1.75. The number of nitrogens with one attached hydrogen (secondary N) is 1. The van der Waals surface area contributed by atoms with Crippen LogP contribution in [0.5, 0.6) is 0 Å². The van der Waals surface area contributed by atoms with Gasteiger partial charge >= 0.3 is 0 Å². The van der Waals surface area contributed by atoms with E-state index in [9.17, 15) is 0 Å². The molecule has 0 unspecified atom stereocenters. The molecular weight excluding hydrogens is 224 g/mol. The number of furan rings is 1. The van der Waals surface area contributed by atoms with Crippen molar-refractivity contribution < 1.29 is 4.42 Å². The number of pyridine rings is 1. The molecule has 0 bridgehead atoms. The molecule has 0 atom stereocenters. The Morgan fingerprint density at radius 3 is 2.94 bits per heavy atom. The number of hydrogen-bond acceptors (Lipinski definition) is 2. The summed E-state index contributed by atoms with van der Waals surface area (Å²) in [5.41, 5.74) is 3.91. The number of aromatic amines is 1. The molecule has 1 aromatic carbocycles. The van der Waals surface area contributed by atoms with Gasteiger partial charge in [0.2, 0.25) is 0 Å². The van der Waals surface area contributed by atoms with Crippen LogP contribution in [0.2, 0.25) is 0 Å². The minimum Gasteiger partial charge on any atom is -0.464 e. The third kappa shape index (κ3) is 1.27. The molecule has 4 aromatic rings. The van der Waals surface area contributed by atoms with Crippen LogP contribution < -0.4 is 0 Å². The van der Waals surface area contributed by atoms with Gasteiger partial charge in [-0.25, -0.2) is 4.98 Å². The average Bonchev–Trinajstić information content (AvgIpc) is 3.02. The molecule has 0 fully saturated rings. The second-order valence-electron chi connectivity index (χ2n) is 4.27. The first-order chi connectivity index (χ1) is 8.92. The van der Waals surface area contributed by atoms with Gasteiger partial charge in [-0.15, -0.1) is 0 Å². The predicted octanol–water partition coefficient (Wildman–Crippen LogP) is 3.98. The minimum atomic E-state index is 0.901. The van der Waals surface area contributed by atoms with E-state index in [4.69, 9.17) is 4.42 Å². The van der Waals surface area contributed by atoms with Crippen LogP contribution in [0.25, 0.3) is 33.3 Å². The molecule has 0 aliphatic carbocycles. The number of fused-ring (bicyclic) bond motifs is 2. The Hall–Kier alpha value is -2.55. The van der Waals surface area contributed by atoms with Gasteiger partial charge in [0.05, 0.1) is 5.69 Å². The van der Waals surface area contributed by atoms with E-state index in [1.165, 1.54) is 0 Å². The van der Waals surface area contributed by atoms with Crippen molar-refractivity contribution in [1.29, 1.82) is 0 Å². The highest BCUT2D eigenvalue weighted by molar-refractivity contribution is 5.95. The molecule has 3 heteroatoms. The van der Waals surface area contributed by atoms with Gasteiger partial charge in [-0.05, 0) is 24.3 Å². The SMILES string of the molecule is c1cnc2[nH]c(-c3coc4ccccc34)cc2c1. The third-order valence-corrected chi connectivity index (χ3v) is 3.16. The number of hydrogen-bond donors (Lipinski definition) is 1. The van der Waals surface area contributed by atoms with Gasteiger partial charge in [0.15, 0.2) is 0 Å². The number of benzene rings is 1. The summed E-state index contributed by atoms with van der Waals surface area (Å²) in [4.78, 5) is 7.62. The van der Waals surface area contributed by atoms with E-state index in [1.807, 2.05) is 30.3 Å². The van der Waals surface area contributed by atoms with E-state index in [0.29, 0.717) is 0 Å². The Kier molecular flexibility index (Phi) is 1.83. The third-order valence-electron chi connectivity index (χ3n) is 3.16. The summed E-state index contributed by atoms with van der Waals surface area (Å²) >= 11 is 0. The Balaban J connectivity index is 2.01. The molecule has 18 heavy (non-hydrogen) atoms. The maximum Gasteiger partial charge on any atom is 0.137 e. The average molecular weight is 234 g/mol. The molecule has 3 nitrogen and oxygen atoms in total. The first kappa shape index (κ1) is 9.48. The highest BCUT2D eigenvalue weighted by Crippen LogP contribution is 2.31. The largest absolute Gasteiger partial charge is 0.464 e. The summed E-state index contributed by atoms with van der Waals surface area (Å²) in [6.45, 7) is 0. The Bertz CT molecular complexity index is 809. The van der Waals surface area contributed by atoms with Gasteiger partial charge in [0.25, 0.3) is 0 Å². The molecule has 86 valence electrons. The van der Waals surface area contributed by atoms with Crippen LogP contribution in [0.3, 0.4) is 0 Å². The molecule has 0 aliphatic rings. The van der Waals surface area contributed by atoms with Crippen molar-refractivity contribution in [2.24, 2.45) is 0 Å². The number of nitrogens with zero attached hydrogens (tertiary/aromatic N) is 1. The van der Waals surface area contributed by atoms with E-state index in [-0.39, 0.29) is 0 Å². The van der Waals surface area contributed by atoms with Crippen LogP contribution >= 0.6 is 0 Å².